The fourth-order valence-electron chi connectivity index (χ4n) is 2.27. The summed E-state index contributed by atoms with van der Waals surface area (Å²) < 4.78 is 5.02. The van der Waals surface area contributed by atoms with Crippen molar-refractivity contribution in [3.05, 3.63) is 17.5 Å². The highest BCUT2D eigenvalue weighted by molar-refractivity contribution is 5.91. The van der Waals surface area contributed by atoms with E-state index in [9.17, 15) is 9.90 Å². The minimum Gasteiger partial charge on any atom is -0.391 e. The van der Waals surface area contributed by atoms with Crippen LogP contribution in [0.15, 0.2) is 10.6 Å². The Morgan fingerprint density at radius 3 is 2.48 bits per heavy atom. The lowest BCUT2D eigenvalue weighted by molar-refractivity contribution is 0.0130. The van der Waals surface area contributed by atoms with Gasteiger partial charge in [0.25, 0.3) is 5.91 Å². The molecule has 1 saturated heterocycles. The molecule has 1 N–H and O–H groups in total. The number of aliphatic hydroxyl groups excluding tert-OH is 1. The molecule has 1 aromatic heterocycles. The van der Waals surface area contributed by atoms with Crippen molar-refractivity contribution in [2.45, 2.75) is 33.8 Å². The number of β-amino-alcohol motifs (C(OH)–C–C–N with tert-alkyl or cyclic N) is 1. The second kappa shape index (κ2) is 6.15. The Hall–Kier alpha value is -1.40. The highest BCUT2D eigenvalue weighted by Crippen LogP contribution is 2.20. The van der Waals surface area contributed by atoms with Gasteiger partial charge in [-0.15, -0.1) is 0 Å². The molecule has 0 aromatic carbocycles. The van der Waals surface area contributed by atoms with Crippen molar-refractivity contribution in [1.29, 1.82) is 0 Å². The van der Waals surface area contributed by atoms with Crippen LogP contribution in [-0.4, -0.2) is 64.8 Å². The molecule has 0 unspecified atom stereocenters. The molecule has 0 spiro atoms. The first kappa shape index (κ1) is 16.0. The molecule has 6 nitrogen and oxygen atoms in total. The van der Waals surface area contributed by atoms with Gasteiger partial charge in [0.2, 0.25) is 5.76 Å². The molecule has 2 rings (SSSR count). The van der Waals surface area contributed by atoms with Gasteiger partial charge in [-0.25, -0.2) is 0 Å². The third kappa shape index (κ3) is 4.04. The van der Waals surface area contributed by atoms with Crippen molar-refractivity contribution >= 4 is 5.91 Å². The first-order chi connectivity index (χ1) is 9.77. The summed E-state index contributed by atoms with van der Waals surface area (Å²) in [5.74, 6) is 0.197. The standard InChI is InChI=1S/C15H25N3O3/c1-11-9-12(21-16-11)14(20)18-7-5-17(6-8-18)10-13(19)15(2,3)4/h9,13,19H,5-8,10H2,1-4H3/t13-/m0/s1. The van der Waals surface area contributed by atoms with Gasteiger partial charge in [0.05, 0.1) is 11.8 Å². The number of aryl methyl sites for hydroxylation is 1. The van der Waals surface area contributed by atoms with Gasteiger partial charge >= 0.3 is 0 Å². The molecule has 1 fully saturated rings. The molecule has 1 aromatic rings. The number of aliphatic hydroxyl groups is 1. The first-order valence-corrected chi connectivity index (χ1v) is 7.40. The largest absolute Gasteiger partial charge is 0.391 e. The summed E-state index contributed by atoms with van der Waals surface area (Å²) in [6.07, 6.45) is -0.364. The molecule has 2 heterocycles. The molecule has 0 radical (unpaired) electrons. The van der Waals surface area contributed by atoms with Gasteiger partial charge in [0.15, 0.2) is 0 Å². The van der Waals surface area contributed by atoms with E-state index < -0.39 is 0 Å². The van der Waals surface area contributed by atoms with Gasteiger partial charge < -0.3 is 14.5 Å². The van der Waals surface area contributed by atoms with Gasteiger partial charge in [-0.05, 0) is 12.3 Å². The third-order valence-corrected chi connectivity index (χ3v) is 3.93. The number of aromatic nitrogens is 1. The summed E-state index contributed by atoms with van der Waals surface area (Å²) in [6, 6.07) is 1.66. The summed E-state index contributed by atoms with van der Waals surface area (Å²) in [6.45, 7) is 11.4. The number of carbonyl (C=O) groups is 1. The first-order valence-electron chi connectivity index (χ1n) is 7.40. The second-order valence-electron chi connectivity index (χ2n) is 6.81. The summed E-state index contributed by atoms with van der Waals surface area (Å²) in [5.41, 5.74) is 0.593. The molecule has 6 heteroatoms. The van der Waals surface area contributed by atoms with Crippen LogP contribution in [0.1, 0.15) is 37.0 Å². The Balaban J connectivity index is 1.84. The van der Waals surface area contributed by atoms with Crippen LogP contribution in [-0.2, 0) is 0 Å². The summed E-state index contributed by atoms with van der Waals surface area (Å²) in [5, 5.41) is 13.9. The van der Waals surface area contributed by atoms with E-state index in [1.165, 1.54) is 0 Å². The number of piperazine rings is 1. The minimum absolute atomic E-state index is 0.105. The maximum atomic E-state index is 12.2. The van der Waals surface area contributed by atoms with Gasteiger partial charge in [-0.1, -0.05) is 25.9 Å². The van der Waals surface area contributed by atoms with Gasteiger partial charge in [0.1, 0.15) is 0 Å². The van der Waals surface area contributed by atoms with Crippen molar-refractivity contribution in [2.24, 2.45) is 5.41 Å². The van der Waals surface area contributed by atoms with Gasteiger partial charge in [0, 0.05) is 38.8 Å². The smallest absolute Gasteiger partial charge is 0.292 e. The molecular formula is C15H25N3O3. The van der Waals surface area contributed by atoms with E-state index in [1.807, 2.05) is 20.8 Å². The van der Waals surface area contributed by atoms with E-state index in [0.717, 1.165) is 13.1 Å². The van der Waals surface area contributed by atoms with E-state index in [1.54, 1.807) is 17.9 Å². The molecule has 1 aliphatic heterocycles. The fourth-order valence-corrected chi connectivity index (χ4v) is 2.27. The maximum Gasteiger partial charge on any atom is 0.292 e. The Kier molecular flexibility index (Phi) is 4.68. The average Bonchev–Trinajstić information content (AvgIpc) is 2.84. The van der Waals surface area contributed by atoms with E-state index in [2.05, 4.69) is 10.1 Å². The van der Waals surface area contributed by atoms with Crippen LogP contribution in [0, 0.1) is 12.3 Å². The SMILES string of the molecule is Cc1cc(C(=O)N2CCN(C[C@H](O)C(C)(C)C)CC2)on1. The molecule has 1 atom stereocenters. The maximum absolute atomic E-state index is 12.2. The van der Waals surface area contributed by atoms with Gasteiger partial charge in [-0.3, -0.25) is 9.69 Å². The minimum atomic E-state index is -0.364. The van der Waals surface area contributed by atoms with E-state index in [-0.39, 0.29) is 17.4 Å². The van der Waals surface area contributed by atoms with Crippen molar-refractivity contribution in [3.8, 4) is 0 Å². The molecule has 1 amide bonds. The Morgan fingerprint density at radius 1 is 1.38 bits per heavy atom. The number of hydrogen-bond acceptors (Lipinski definition) is 5. The lowest BCUT2D eigenvalue weighted by Crippen LogP contribution is -2.51. The highest BCUT2D eigenvalue weighted by atomic mass is 16.5. The number of carbonyl (C=O) groups excluding carboxylic acids is 1. The van der Waals surface area contributed by atoms with Crippen molar-refractivity contribution in [2.75, 3.05) is 32.7 Å². The van der Waals surface area contributed by atoms with Crippen LogP contribution in [0.3, 0.4) is 0 Å². The van der Waals surface area contributed by atoms with Crippen LogP contribution in [0.2, 0.25) is 0 Å². The predicted octanol–water partition coefficient (Wildman–Crippen LogP) is 1.15. The van der Waals surface area contributed by atoms with Crippen LogP contribution in [0.4, 0.5) is 0 Å². The molecule has 0 aliphatic carbocycles. The quantitative estimate of drug-likeness (QED) is 0.906. The third-order valence-electron chi connectivity index (χ3n) is 3.93. The summed E-state index contributed by atoms with van der Waals surface area (Å²) in [4.78, 5) is 16.2. The average molecular weight is 295 g/mol. The van der Waals surface area contributed by atoms with E-state index >= 15 is 0 Å². The number of hydrogen-bond donors (Lipinski definition) is 1. The van der Waals surface area contributed by atoms with Crippen LogP contribution < -0.4 is 0 Å². The molecule has 0 bridgehead atoms. The topological polar surface area (TPSA) is 69.8 Å². The zero-order valence-corrected chi connectivity index (χ0v) is 13.3. The molecule has 118 valence electrons. The number of nitrogens with zero attached hydrogens (tertiary/aromatic N) is 3. The molecule has 0 saturated carbocycles. The van der Waals surface area contributed by atoms with Crippen molar-refractivity contribution < 1.29 is 14.4 Å². The van der Waals surface area contributed by atoms with Crippen molar-refractivity contribution in [1.82, 2.24) is 15.0 Å². The fraction of sp³-hybridized carbons (Fsp3) is 0.733. The number of rotatable bonds is 3. The van der Waals surface area contributed by atoms with Crippen LogP contribution in [0.25, 0.3) is 0 Å². The lowest BCUT2D eigenvalue weighted by atomic mass is 9.89. The zero-order valence-electron chi connectivity index (χ0n) is 13.3. The predicted molar refractivity (Wildman–Crippen MR) is 79.0 cm³/mol. The Morgan fingerprint density at radius 2 is 2.00 bits per heavy atom. The summed E-state index contributed by atoms with van der Waals surface area (Å²) >= 11 is 0. The monoisotopic (exact) mass is 295 g/mol. The summed E-state index contributed by atoms with van der Waals surface area (Å²) in [7, 11) is 0. The number of amides is 1. The Bertz CT molecular complexity index is 485. The van der Waals surface area contributed by atoms with E-state index in [0.29, 0.717) is 31.1 Å². The normalized spacial score (nSPS) is 18.8. The molecular weight excluding hydrogens is 270 g/mol. The molecule has 21 heavy (non-hydrogen) atoms. The van der Waals surface area contributed by atoms with Crippen LogP contribution in [0.5, 0.6) is 0 Å². The van der Waals surface area contributed by atoms with Gasteiger partial charge in [-0.2, -0.15) is 0 Å². The lowest BCUT2D eigenvalue weighted by Gasteiger charge is -2.37. The van der Waals surface area contributed by atoms with Crippen LogP contribution >= 0.6 is 0 Å². The zero-order chi connectivity index (χ0) is 15.6. The Labute approximate surface area is 125 Å². The highest BCUT2D eigenvalue weighted by Gasteiger charge is 2.28. The van der Waals surface area contributed by atoms with Crippen molar-refractivity contribution in [3.63, 3.8) is 0 Å². The second-order valence-corrected chi connectivity index (χ2v) is 6.81. The van der Waals surface area contributed by atoms with E-state index in [4.69, 9.17) is 4.52 Å². The molecule has 1 aliphatic rings.